The molecule has 29 heavy (non-hydrogen) atoms. The van der Waals surface area contributed by atoms with Crippen molar-refractivity contribution in [1.29, 1.82) is 0 Å². The molecule has 2 aromatic rings. The van der Waals surface area contributed by atoms with Gasteiger partial charge in [-0.05, 0) is 48.4 Å². The molecule has 1 aliphatic rings. The Kier molecular flexibility index (Phi) is 7.04. The van der Waals surface area contributed by atoms with Crippen LogP contribution in [0.5, 0.6) is 0 Å². The highest BCUT2D eigenvalue weighted by Gasteiger charge is 2.32. The predicted molar refractivity (Wildman–Crippen MR) is 115 cm³/mol. The number of hydrogen-bond donors (Lipinski definition) is 2. The van der Waals surface area contributed by atoms with Gasteiger partial charge in [0.25, 0.3) is 5.91 Å². The van der Waals surface area contributed by atoms with Crippen LogP contribution in [-0.2, 0) is 16.1 Å². The Labute approximate surface area is 175 Å². The number of amides is 3. The largest absolute Gasteiger partial charge is 0.350 e. The summed E-state index contributed by atoms with van der Waals surface area (Å²) in [6, 6.07) is 10.6. The van der Waals surface area contributed by atoms with Gasteiger partial charge in [0, 0.05) is 24.7 Å². The summed E-state index contributed by atoms with van der Waals surface area (Å²) < 4.78 is 0. The second kappa shape index (κ2) is 9.69. The summed E-state index contributed by atoms with van der Waals surface area (Å²) in [5, 5.41) is 7.68. The molecular weight excluding hydrogens is 386 g/mol. The lowest BCUT2D eigenvalue weighted by atomic mass is 10.0. The van der Waals surface area contributed by atoms with E-state index in [4.69, 9.17) is 0 Å². The summed E-state index contributed by atoms with van der Waals surface area (Å²) in [5.74, 6) is -0.292. The van der Waals surface area contributed by atoms with Crippen molar-refractivity contribution in [3.63, 3.8) is 0 Å². The molecule has 0 saturated carbocycles. The van der Waals surface area contributed by atoms with Gasteiger partial charge in [0.05, 0.1) is 4.88 Å². The van der Waals surface area contributed by atoms with Crippen molar-refractivity contribution in [2.75, 3.05) is 11.9 Å². The molecule has 2 N–H and O–H groups in total. The van der Waals surface area contributed by atoms with Gasteiger partial charge in [-0.25, -0.2) is 0 Å². The lowest BCUT2D eigenvalue weighted by Gasteiger charge is -2.34. The van der Waals surface area contributed by atoms with E-state index < -0.39 is 6.04 Å². The number of piperidine rings is 1. The second-order valence-corrected chi connectivity index (χ2v) is 8.49. The number of benzene rings is 1. The van der Waals surface area contributed by atoms with E-state index >= 15 is 0 Å². The Bertz CT molecular complexity index is 847. The third-order valence-corrected chi connectivity index (χ3v) is 5.87. The molecule has 0 bridgehead atoms. The van der Waals surface area contributed by atoms with Crippen molar-refractivity contribution in [2.45, 2.75) is 45.7 Å². The molecular formula is C22H27N3O3S. The van der Waals surface area contributed by atoms with Crippen LogP contribution in [0.1, 0.15) is 48.3 Å². The van der Waals surface area contributed by atoms with E-state index in [-0.39, 0.29) is 23.6 Å². The summed E-state index contributed by atoms with van der Waals surface area (Å²) in [5.41, 5.74) is 1.67. The molecule has 0 radical (unpaired) electrons. The standard InChI is InChI=1S/C22H27N3O3S/c1-15(2)20(26)24-17-10-8-16(9-11-17)14-23-21(27)18-6-3-4-12-25(18)22(28)19-7-5-13-29-19/h5,7-11,13,15,18H,3-4,6,12,14H2,1-2H3,(H,23,27)(H,24,26)/t18-/m1/s1. The van der Waals surface area contributed by atoms with Gasteiger partial charge >= 0.3 is 0 Å². The summed E-state index contributed by atoms with van der Waals surface area (Å²) in [7, 11) is 0. The molecule has 2 heterocycles. The van der Waals surface area contributed by atoms with Crippen LogP contribution in [0, 0.1) is 5.92 Å². The molecule has 1 aromatic heterocycles. The highest BCUT2D eigenvalue weighted by molar-refractivity contribution is 7.12. The number of rotatable bonds is 6. The molecule has 154 valence electrons. The molecule has 0 aliphatic carbocycles. The molecule has 1 fully saturated rings. The number of nitrogens with zero attached hydrogens (tertiary/aromatic N) is 1. The quantitative estimate of drug-likeness (QED) is 0.759. The SMILES string of the molecule is CC(C)C(=O)Nc1ccc(CNC(=O)[C@H]2CCCCN2C(=O)c2cccs2)cc1. The first-order valence-corrected chi connectivity index (χ1v) is 10.9. The fourth-order valence-electron chi connectivity index (χ4n) is 3.29. The van der Waals surface area contributed by atoms with Crippen LogP contribution in [0.4, 0.5) is 5.69 Å². The average Bonchev–Trinajstić information content (AvgIpc) is 3.27. The molecule has 1 aromatic carbocycles. The van der Waals surface area contributed by atoms with Crippen LogP contribution < -0.4 is 10.6 Å². The van der Waals surface area contributed by atoms with Crippen molar-refractivity contribution in [1.82, 2.24) is 10.2 Å². The van der Waals surface area contributed by atoms with E-state index in [2.05, 4.69) is 10.6 Å². The minimum atomic E-state index is -0.428. The Balaban J connectivity index is 1.57. The van der Waals surface area contributed by atoms with Crippen molar-refractivity contribution >= 4 is 34.7 Å². The summed E-state index contributed by atoms with van der Waals surface area (Å²) >= 11 is 1.40. The van der Waals surface area contributed by atoms with E-state index in [0.717, 1.165) is 24.1 Å². The molecule has 1 atom stereocenters. The summed E-state index contributed by atoms with van der Waals surface area (Å²) in [4.78, 5) is 39.7. The first-order valence-electron chi connectivity index (χ1n) is 9.97. The normalized spacial score (nSPS) is 16.5. The highest BCUT2D eigenvalue weighted by atomic mass is 32.1. The maximum atomic E-state index is 12.8. The topological polar surface area (TPSA) is 78.5 Å². The van der Waals surface area contributed by atoms with Crippen molar-refractivity contribution in [3.8, 4) is 0 Å². The molecule has 3 rings (SSSR count). The number of nitrogens with one attached hydrogen (secondary N) is 2. The van der Waals surface area contributed by atoms with Crippen LogP contribution in [0.2, 0.25) is 0 Å². The van der Waals surface area contributed by atoms with Crippen LogP contribution in [0.15, 0.2) is 41.8 Å². The van der Waals surface area contributed by atoms with E-state index in [0.29, 0.717) is 24.4 Å². The van der Waals surface area contributed by atoms with Gasteiger partial charge in [-0.2, -0.15) is 0 Å². The zero-order chi connectivity index (χ0) is 20.8. The maximum absolute atomic E-state index is 12.8. The van der Waals surface area contributed by atoms with Crippen LogP contribution in [0.25, 0.3) is 0 Å². The molecule has 3 amide bonds. The minimum Gasteiger partial charge on any atom is -0.350 e. The number of thiophene rings is 1. The predicted octanol–water partition coefficient (Wildman–Crippen LogP) is 3.65. The van der Waals surface area contributed by atoms with Gasteiger partial charge in [0.1, 0.15) is 6.04 Å². The third kappa shape index (κ3) is 5.44. The summed E-state index contributed by atoms with van der Waals surface area (Å²) in [6.45, 7) is 4.68. The maximum Gasteiger partial charge on any atom is 0.264 e. The lowest BCUT2D eigenvalue weighted by Crippen LogP contribution is -2.51. The van der Waals surface area contributed by atoms with E-state index in [1.807, 2.05) is 49.6 Å². The second-order valence-electron chi connectivity index (χ2n) is 7.55. The molecule has 0 unspecified atom stereocenters. The van der Waals surface area contributed by atoms with Crippen molar-refractivity contribution in [2.24, 2.45) is 5.92 Å². The first kappa shape index (κ1) is 21.0. The number of anilines is 1. The van der Waals surface area contributed by atoms with Crippen molar-refractivity contribution in [3.05, 3.63) is 52.2 Å². The molecule has 7 heteroatoms. The average molecular weight is 414 g/mol. The molecule has 0 spiro atoms. The van der Waals surface area contributed by atoms with Crippen LogP contribution in [-0.4, -0.2) is 35.2 Å². The fraction of sp³-hybridized carbons (Fsp3) is 0.409. The smallest absolute Gasteiger partial charge is 0.264 e. The lowest BCUT2D eigenvalue weighted by molar-refractivity contribution is -0.126. The van der Waals surface area contributed by atoms with Crippen molar-refractivity contribution < 1.29 is 14.4 Å². The Morgan fingerprint density at radius 2 is 1.90 bits per heavy atom. The summed E-state index contributed by atoms with van der Waals surface area (Å²) in [6.07, 6.45) is 2.55. The van der Waals surface area contributed by atoms with Gasteiger partial charge in [-0.1, -0.05) is 32.0 Å². The van der Waals surface area contributed by atoms with Crippen LogP contribution >= 0.6 is 11.3 Å². The van der Waals surface area contributed by atoms with Crippen LogP contribution in [0.3, 0.4) is 0 Å². The zero-order valence-corrected chi connectivity index (χ0v) is 17.6. The van der Waals surface area contributed by atoms with Gasteiger partial charge in [0.2, 0.25) is 11.8 Å². The highest BCUT2D eigenvalue weighted by Crippen LogP contribution is 2.22. The fourth-order valence-corrected chi connectivity index (χ4v) is 3.97. The molecule has 6 nitrogen and oxygen atoms in total. The number of carbonyl (C=O) groups is 3. The number of carbonyl (C=O) groups excluding carboxylic acids is 3. The van der Waals surface area contributed by atoms with Gasteiger partial charge < -0.3 is 15.5 Å². The number of hydrogen-bond acceptors (Lipinski definition) is 4. The van der Waals surface area contributed by atoms with Gasteiger partial charge in [-0.3, -0.25) is 14.4 Å². The molecule has 1 aliphatic heterocycles. The monoisotopic (exact) mass is 413 g/mol. The van der Waals surface area contributed by atoms with Gasteiger partial charge in [-0.15, -0.1) is 11.3 Å². The Hall–Kier alpha value is -2.67. The van der Waals surface area contributed by atoms with E-state index in [1.54, 1.807) is 11.0 Å². The zero-order valence-electron chi connectivity index (χ0n) is 16.8. The first-order chi connectivity index (χ1) is 14.0. The molecule has 1 saturated heterocycles. The van der Waals surface area contributed by atoms with Gasteiger partial charge in [0.15, 0.2) is 0 Å². The minimum absolute atomic E-state index is 0.0288. The third-order valence-electron chi connectivity index (χ3n) is 5.01. The number of likely N-dealkylation sites (tertiary alicyclic amines) is 1. The van der Waals surface area contributed by atoms with E-state index in [9.17, 15) is 14.4 Å². The van der Waals surface area contributed by atoms with E-state index in [1.165, 1.54) is 11.3 Å². The Morgan fingerprint density at radius 1 is 1.14 bits per heavy atom. The Morgan fingerprint density at radius 3 is 2.55 bits per heavy atom.